The molecular formula is C29H26FN5O2S. The van der Waals surface area contributed by atoms with Crippen molar-refractivity contribution in [3.05, 3.63) is 95.8 Å². The Labute approximate surface area is 224 Å². The summed E-state index contributed by atoms with van der Waals surface area (Å²) in [6.45, 7) is 2.72. The second-order valence-electron chi connectivity index (χ2n) is 9.38. The van der Waals surface area contributed by atoms with Gasteiger partial charge < -0.3 is 9.80 Å². The summed E-state index contributed by atoms with van der Waals surface area (Å²) in [5, 5.41) is 0.517. The van der Waals surface area contributed by atoms with Gasteiger partial charge in [-0.15, -0.1) is 0 Å². The third-order valence-electron chi connectivity index (χ3n) is 6.95. The molecule has 192 valence electrons. The van der Waals surface area contributed by atoms with Crippen LogP contribution in [0.1, 0.15) is 17.5 Å². The summed E-state index contributed by atoms with van der Waals surface area (Å²) < 4.78 is 13.3. The summed E-state index contributed by atoms with van der Waals surface area (Å²) in [4.78, 5) is 41.9. The number of aliphatic imine (C=N–C) groups is 2. The van der Waals surface area contributed by atoms with E-state index in [0.717, 1.165) is 35.6 Å². The predicted molar refractivity (Wildman–Crippen MR) is 148 cm³/mol. The van der Waals surface area contributed by atoms with Gasteiger partial charge in [0.05, 0.1) is 12.1 Å². The summed E-state index contributed by atoms with van der Waals surface area (Å²) in [6, 6.07) is 23.2. The summed E-state index contributed by atoms with van der Waals surface area (Å²) in [5.41, 5.74) is 3.58. The maximum atomic E-state index is 13.6. The van der Waals surface area contributed by atoms with Gasteiger partial charge in [-0.2, -0.15) is 0 Å². The number of rotatable bonds is 5. The normalized spacial score (nSPS) is 18.6. The average molecular weight is 528 g/mol. The van der Waals surface area contributed by atoms with E-state index >= 15 is 0 Å². The van der Waals surface area contributed by atoms with Gasteiger partial charge in [0.2, 0.25) is 5.91 Å². The number of piperazine rings is 1. The summed E-state index contributed by atoms with van der Waals surface area (Å²) in [7, 11) is 0. The minimum Gasteiger partial charge on any atom is -0.368 e. The lowest BCUT2D eigenvalue weighted by atomic mass is 10.1. The molecular weight excluding hydrogens is 501 g/mol. The number of benzene rings is 3. The number of hydrogen-bond acceptors (Lipinski definition) is 6. The first kappa shape index (κ1) is 24.4. The number of anilines is 1. The van der Waals surface area contributed by atoms with Gasteiger partial charge in [-0.3, -0.25) is 14.6 Å². The van der Waals surface area contributed by atoms with Crippen molar-refractivity contribution in [1.82, 2.24) is 9.80 Å². The zero-order valence-electron chi connectivity index (χ0n) is 20.7. The SMILES string of the molecule is O=C(C[C@@H]1N=C2c3ccccc3N=C(SCc3ccc(F)cc3)N2C1=O)N1CCN(c2ccccc2)CC1. The van der Waals surface area contributed by atoms with E-state index < -0.39 is 6.04 Å². The van der Waals surface area contributed by atoms with Crippen molar-refractivity contribution in [3.8, 4) is 0 Å². The zero-order chi connectivity index (χ0) is 26.1. The third kappa shape index (κ3) is 4.81. The van der Waals surface area contributed by atoms with Crippen molar-refractivity contribution in [1.29, 1.82) is 0 Å². The first-order chi connectivity index (χ1) is 18.6. The van der Waals surface area contributed by atoms with Crippen LogP contribution in [0.4, 0.5) is 15.8 Å². The monoisotopic (exact) mass is 527 g/mol. The van der Waals surface area contributed by atoms with Gasteiger partial charge in [0.1, 0.15) is 17.7 Å². The third-order valence-corrected chi connectivity index (χ3v) is 7.96. The molecule has 0 bridgehead atoms. The van der Waals surface area contributed by atoms with Crippen LogP contribution in [-0.4, -0.2) is 64.8 Å². The zero-order valence-corrected chi connectivity index (χ0v) is 21.5. The molecule has 0 saturated carbocycles. The maximum Gasteiger partial charge on any atom is 0.259 e. The van der Waals surface area contributed by atoms with Gasteiger partial charge in [0.25, 0.3) is 5.91 Å². The highest BCUT2D eigenvalue weighted by Gasteiger charge is 2.42. The van der Waals surface area contributed by atoms with E-state index in [4.69, 9.17) is 9.98 Å². The Morgan fingerprint density at radius 1 is 0.921 bits per heavy atom. The van der Waals surface area contributed by atoms with Crippen LogP contribution in [0, 0.1) is 5.82 Å². The standard InChI is InChI=1S/C29H26FN5O2S/c30-21-12-10-20(11-13-21)19-38-29-32-24-9-5-4-8-23(24)27-31-25(28(37)35(27)29)18-26(36)34-16-14-33(15-17-34)22-6-2-1-3-7-22/h1-13,25H,14-19H2/t25-/m0/s1. The van der Waals surface area contributed by atoms with E-state index in [1.54, 1.807) is 17.0 Å². The molecule has 6 rings (SSSR count). The minimum atomic E-state index is -0.785. The van der Waals surface area contributed by atoms with E-state index in [1.165, 1.54) is 23.9 Å². The van der Waals surface area contributed by atoms with E-state index in [2.05, 4.69) is 17.0 Å². The van der Waals surface area contributed by atoms with Gasteiger partial charge in [-0.1, -0.05) is 54.2 Å². The van der Waals surface area contributed by atoms with Gasteiger partial charge >= 0.3 is 0 Å². The molecule has 0 radical (unpaired) electrons. The molecule has 7 nitrogen and oxygen atoms in total. The van der Waals surface area contributed by atoms with Crippen LogP contribution in [-0.2, 0) is 15.3 Å². The number of amides is 2. The second-order valence-corrected chi connectivity index (χ2v) is 10.3. The largest absolute Gasteiger partial charge is 0.368 e. The quantitative estimate of drug-likeness (QED) is 0.492. The predicted octanol–water partition coefficient (Wildman–Crippen LogP) is 4.46. The Balaban J connectivity index is 1.16. The van der Waals surface area contributed by atoms with Crippen molar-refractivity contribution < 1.29 is 14.0 Å². The molecule has 3 aromatic rings. The fourth-order valence-corrected chi connectivity index (χ4v) is 5.86. The molecule has 3 aliphatic heterocycles. The second kappa shape index (κ2) is 10.4. The van der Waals surface area contributed by atoms with Crippen LogP contribution < -0.4 is 4.90 Å². The lowest BCUT2D eigenvalue weighted by Crippen LogP contribution is -2.49. The van der Waals surface area contributed by atoms with Crippen LogP contribution in [0.2, 0.25) is 0 Å². The Bertz CT molecular complexity index is 1420. The Morgan fingerprint density at radius 2 is 1.63 bits per heavy atom. The molecule has 1 fully saturated rings. The Morgan fingerprint density at radius 3 is 2.39 bits per heavy atom. The lowest BCUT2D eigenvalue weighted by molar-refractivity contribution is -0.135. The minimum absolute atomic E-state index is 0.0300. The Hall–Kier alpha value is -3.98. The summed E-state index contributed by atoms with van der Waals surface area (Å²) >= 11 is 1.40. The van der Waals surface area contributed by atoms with Crippen LogP contribution >= 0.6 is 11.8 Å². The molecule has 0 unspecified atom stereocenters. The molecule has 0 aromatic heterocycles. The molecule has 38 heavy (non-hydrogen) atoms. The van der Waals surface area contributed by atoms with Gasteiger partial charge in [-0.05, 0) is 42.0 Å². The number of thioether (sulfide) groups is 1. The number of halogens is 1. The highest BCUT2D eigenvalue weighted by atomic mass is 32.2. The highest BCUT2D eigenvalue weighted by Crippen LogP contribution is 2.35. The summed E-state index contributed by atoms with van der Waals surface area (Å²) in [5.74, 6) is 0.463. The van der Waals surface area contributed by atoms with Crippen molar-refractivity contribution in [2.24, 2.45) is 9.98 Å². The number of fused-ring (bicyclic) bond motifs is 3. The molecule has 3 heterocycles. The molecule has 0 spiro atoms. The van der Waals surface area contributed by atoms with Crippen LogP contribution in [0.5, 0.6) is 0 Å². The van der Waals surface area contributed by atoms with Gasteiger partial charge in [0, 0.05) is 43.2 Å². The molecule has 1 atom stereocenters. The van der Waals surface area contributed by atoms with Crippen LogP contribution in [0.15, 0.2) is 88.8 Å². The van der Waals surface area contributed by atoms with E-state index in [9.17, 15) is 14.0 Å². The van der Waals surface area contributed by atoms with Crippen molar-refractivity contribution in [2.75, 3.05) is 31.1 Å². The smallest absolute Gasteiger partial charge is 0.259 e. The first-order valence-corrected chi connectivity index (χ1v) is 13.6. The summed E-state index contributed by atoms with van der Waals surface area (Å²) in [6.07, 6.45) is 0.0300. The van der Waals surface area contributed by atoms with Gasteiger partial charge in [-0.25, -0.2) is 14.3 Å². The lowest BCUT2D eigenvalue weighted by Gasteiger charge is -2.36. The maximum absolute atomic E-state index is 13.6. The highest BCUT2D eigenvalue weighted by molar-refractivity contribution is 8.13. The van der Waals surface area contributed by atoms with Crippen LogP contribution in [0.3, 0.4) is 0 Å². The fourth-order valence-electron chi connectivity index (χ4n) is 4.91. The van der Waals surface area contributed by atoms with E-state index in [1.807, 2.05) is 47.4 Å². The number of nitrogens with zero attached hydrogens (tertiary/aromatic N) is 5. The van der Waals surface area contributed by atoms with Crippen LogP contribution in [0.25, 0.3) is 0 Å². The van der Waals surface area contributed by atoms with E-state index in [0.29, 0.717) is 29.8 Å². The average Bonchev–Trinajstić information content (AvgIpc) is 3.29. The molecule has 1 saturated heterocycles. The fraction of sp³-hybridized carbons (Fsp3) is 0.241. The molecule has 0 N–H and O–H groups in total. The van der Waals surface area contributed by atoms with Crippen molar-refractivity contribution in [2.45, 2.75) is 18.2 Å². The van der Waals surface area contributed by atoms with E-state index in [-0.39, 0.29) is 24.1 Å². The number of amidine groups is 2. The molecule has 3 aliphatic rings. The Kier molecular flexibility index (Phi) is 6.68. The molecule has 2 amide bonds. The van der Waals surface area contributed by atoms with Crippen molar-refractivity contribution in [3.63, 3.8) is 0 Å². The number of carbonyl (C=O) groups excluding carboxylic acids is 2. The topological polar surface area (TPSA) is 68.6 Å². The van der Waals surface area contributed by atoms with Gasteiger partial charge in [0.15, 0.2) is 5.17 Å². The molecule has 9 heteroatoms. The molecule has 0 aliphatic carbocycles. The number of hydrogen-bond donors (Lipinski definition) is 0. The van der Waals surface area contributed by atoms with Crippen molar-refractivity contribution >= 4 is 46.0 Å². The number of carbonyl (C=O) groups is 2. The first-order valence-electron chi connectivity index (χ1n) is 12.6. The molecule has 3 aromatic carbocycles. The number of para-hydroxylation sites is 2.